The molecule has 0 saturated carbocycles. The standard InChI is InChI=1S/C20H21FN6O3S/c1-11-16-17(23-15(28)10-30-3)24-18(19-22-12(2)25-31-19)27(16)9-8-26(11)20(29)13-4-6-14(21)7-5-13/h4-7,11H,8-10H2,1-3H3,(H,23,28). The van der Waals surface area contributed by atoms with Crippen molar-refractivity contribution in [3.63, 3.8) is 0 Å². The zero-order chi connectivity index (χ0) is 22.1. The van der Waals surface area contributed by atoms with Crippen molar-refractivity contribution in [3.05, 3.63) is 47.2 Å². The van der Waals surface area contributed by atoms with Crippen LogP contribution in [0.15, 0.2) is 24.3 Å². The number of fused-ring (bicyclic) bond motifs is 1. The van der Waals surface area contributed by atoms with E-state index in [1.807, 2.05) is 11.5 Å². The predicted octanol–water partition coefficient (Wildman–Crippen LogP) is 2.65. The van der Waals surface area contributed by atoms with Crippen molar-refractivity contribution >= 4 is 29.2 Å². The summed E-state index contributed by atoms with van der Waals surface area (Å²) in [6.45, 7) is 4.44. The fraction of sp³-hybridized carbons (Fsp3) is 0.350. The number of methoxy groups -OCH3 is 1. The molecular formula is C20H21FN6O3S. The van der Waals surface area contributed by atoms with Gasteiger partial charge in [-0.15, -0.1) is 0 Å². The number of hydrogen-bond acceptors (Lipinski definition) is 7. The van der Waals surface area contributed by atoms with E-state index in [0.29, 0.717) is 46.8 Å². The molecule has 1 unspecified atom stereocenters. The number of benzene rings is 1. The first-order chi connectivity index (χ1) is 14.9. The number of nitrogens with one attached hydrogen (secondary N) is 1. The Balaban J connectivity index is 1.73. The van der Waals surface area contributed by atoms with E-state index >= 15 is 0 Å². The lowest BCUT2D eigenvalue weighted by Gasteiger charge is -2.35. The molecule has 3 aromatic rings. The molecule has 0 spiro atoms. The first-order valence-corrected chi connectivity index (χ1v) is 10.4. The van der Waals surface area contributed by atoms with E-state index in [-0.39, 0.29) is 24.5 Å². The summed E-state index contributed by atoms with van der Waals surface area (Å²) in [5.74, 6) is 0.615. The van der Waals surface area contributed by atoms with Crippen LogP contribution in [0.25, 0.3) is 10.8 Å². The van der Waals surface area contributed by atoms with Crippen molar-refractivity contribution < 1.29 is 18.7 Å². The number of aromatic nitrogens is 4. The van der Waals surface area contributed by atoms with Gasteiger partial charge in [0, 0.05) is 25.8 Å². The van der Waals surface area contributed by atoms with E-state index in [0.717, 1.165) is 0 Å². The van der Waals surface area contributed by atoms with Crippen molar-refractivity contribution in [1.82, 2.24) is 23.8 Å². The van der Waals surface area contributed by atoms with Crippen LogP contribution in [0.5, 0.6) is 0 Å². The normalized spacial score (nSPS) is 15.6. The molecule has 1 aliphatic rings. The van der Waals surface area contributed by atoms with E-state index in [4.69, 9.17) is 4.74 Å². The maximum Gasteiger partial charge on any atom is 0.254 e. The van der Waals surface area contributed by atoms with Gasteiger partial charge in [-0.25, -0.2) is 14.4 Å². The molecule has 0 radical (unpaired) electrons. The second-order valence-corrected chi connectivity index (χ2v) is 7.88. The molecular weight excluding hydrogens is 423 g/mol. The second kappa shape index (κ2) is 8.52. The Morgan fingerprint density at radius 3 is 2.65 bits per heavy atom. The third kappa shape index (κ3) is 4.06. The third-order valence-electron chi connectivity index (χ3n) is 5.04. The van der Waals surface area contributed by atoms with E-state index < -0.39 is 5.82 Å². The Kier molecular flexibility index (Phi) is 5.79. The van der Waals surface area contributed by atoms with Gasteiger partial charge >= 0.3 is 0 Å². The predicted molar refractivity (Wildman–Crippen MR) is 112 cm³/mol. The molecule has 4 rings (SSSR count). The third-order valence-corrected chi connectivity index (χ3v) is 5.84. The van der Waals surface area contributed by atoms with Crippen LogP contribution in [0.4, 0.5) is 10.2 Å². The van der Waals surface area contributed by atoms with Crippen LogP contribution in [0.1, 0.15) is 34.8 Å². The molecule has 2 amide bonds. The minimum Gasteiger partial charge on any atom is -0.375 e. The number of halogens is 1. The highest BCUT2D eigenvalue weighted by molar-refractivity contribution is 7.09. The van der Waals surface area contributed by atoms with Crippen molar-refractivity contribution in [3.8, 4) is 10.8 Å². The Labute approximate surface area is 182 Å². The van der Waals surface area contributed by atoms with E-state index in [1.165, 1.54) is 42.9 Å². The number of carbonyl (C=O) groups is 2. The maximum absolute atomic E-state index is 13.3. The van der Waals surface area contributed by atoms with Crippen LogP contribution in [-0.2, 0) is 16.1 Å². The molecule has 1 aliphatic heterocycles. The van der Waals surface area contributed by atoms with Gasteiger partial charge in [0.15, 0.2) is 16.6 Å². The average Bonchev–Trinajstić information content (AvgIpc) is 3.32. The summed E-state index contributed by atoms with van der Waals surface area (Å²) in [5.41, 5.74) is 1.08. The molecule has 31 heavy (non-hydrogen) atoms. The molecule has 9 nitrogen and oxygen atoms in total. The SMILES string of the molecule is COCC(=O)Nc1nc(-c2nc(C)ns2)n2c1C(C)N(C(=O)c1ccc(F)cc1)CC2. The molecule has 0 saturated heterocycles. The minimum atomic E-state index is -0.401. The molecule has 3 heterocycles. The van der Waals surface area contributed by atoms with Crippen molar-refractivity contribution in [2.45, 2.75) is 26.4 Å². The van der Waals surface area contributed by atoms with Gasteiger partial charge in [-0.1, -0.05) is 0 Å². The van der Waals surface area contributed by atoms with Crippen molar-refractivity contribution in [2.75, 3.05) is 25.6 Å². The van der Waals surface area contributed by atoms with Crippen molar-refractivity contribution in [1.29, 1.82) is 0 Å². The summed E-state index contributed by atoms with van der Waals surface area (Å²) in [7, 11) is 1.43. The van der Waals surface area contributed by atoms with Gasteiger partial charge in [0.25, 0.3) is 11.8 Å². The molecule has 2 aromatic heterocycles. The van der Waals surface area contributed by atoms with Gasteiger partial charge in [0.05, 0.1) is 11.7 Å². The van der Waals surface area contributed by atoms with Gasteiger partial charge in [-0.2, -0.15) is 4.37 Å². The highest BCUT2D eigenvalue weighted by Gasteiger charge is 2.35. The van der Waals surface area contributed by atoms with E-state index in [2.05, 4.69) is 19.7 Å². The van der Waals surface area contributed by atoms with Crippen LogP contribution in [0, 0.1) is 12.7 Å². The lowest BCUT2D eigenvalue weighted by atomic mass is 10.1. The van der Waals surface area contributed by atoms with Gasteiger partial charge in [-0.05, 0) is 49.6 Å². The zero-order valence-corrected chi connectivity index (χ0v) is 18.1. The first kappa shape index (κ1) is 21.1. The molecule has 1 N–H and O–H groups in total. The summed E-state index contributed by atoms with van der Waals surface area (Å²) in [6, 6.07) is 5.07. The lowest BCUT2D eigenvalue weighted by Crippen LogP contribution is -2.41. The number of ether oxygens (including phenoxy) is 1. The summed E-state index contributed by atoms with van der Waals surface area (Å²) in [6.07, 6.45) is 0. The van der Waals surface area contributed by atoms with Crippen molar-refractivity contribution in [2.24, 2.45) is 0 Å². The molecule has 162 valence electrons. The Bertz CT molecular complexity index is 1130. The zero-order valence-electron chi connectivity index (χ0n) is 17.3. The Hall–Kier alpha value is -3.18. The van der Waals surface area contributed by atoms with Crippen LogP contribution in [0.2, 0.25) is 0 Å². The Morgan fingerprint density at radius 1 is 1.26 bits per heavy atom. The second-order valence-electron chi connectivity index (χ2n) is 7.13. The molecule has 1 atom stereocenters. The smallest absolute Gasteiger partial charge is 0.254 e. The number of imidazole rings is 1. The van der Waals surface area contributed by atoms with Gasteiger partial charge in [-0.3, -0.25) is 9.59 Å². The number of rotatable bonds is 5. The number of amides is 2. The quantitative estimate of drug-likeness (QED) is 0.649. The summed E-state index contributed by atoms with van der Waals surface area (Å²) in [5, 5.41) is 3.41. The van der Waals surface area contributed by atoms with Gasteiger partial charge in [0.2, 0.25) is 0 Å². The minimum absolute atomic E-state index is 0.119. The maximum atomic E-state index is 13.3. The van der Waals surface area contributed by atoms with E-state index in [9.17, 15) is 14.0 Å². The fourth-order valence-electron chi connectivity index (χ4n) is 3.64. The highest BCUT2D eigenvalue weighted by Crippen LogP contribution is 2.36. The molecule has 11 heteroatoms. The summed E-state index contributed by atoms with van der Waals surface area (Å²) >= 11 is 1.23. The summed E-state index contributed by atoms with van der Waals surface area (Å²) in [4.78, 5) is 36.0. The monoisotopic (exact) mass is 444 g/mol. The Morgan fingerprint density at radius 2 is 2.00 bits per heavy atom. The van der Waals surface area contributed by atoms with Crippen LogP contribution < -0.4 is 5.32 Å². The average molecular weight is 444 g/mol. The number of carbonyl (C=O) groups excluding carboxylic acids is 2. The number of nitrogens with zero attached hydrogens (tertiary/aromatic N) is 5. The first-order valence-electron chi connectivity index (χ1n) is 9.65. The molecule has 1 aromatic carbocycles. The van der Waals surface area contributed by atoms with E-state index in [1.54, 1.807) is 11.8 Å². The van der Waals surface area contributed by atoms with Crippen LogP contribution in [-0.4, -0.2) is 55.9 Å². The van der Waals surface area contributed by atoms with Gasteiger partial charge in [0.1, 0.15) is 18.2 Å². The fourth-order valence-corrected chi connectivity index (χ4v) is 4.31. The van der Waals surface area contributed by atoms with Gasteiger partial charge < -0.3 is 19.5 Å². The molecule has 0 bridgehead atoms. The number of hydrogen-bond donors (Lipinski definition) is 1. The molecule has 0 fully saturated rings. The number of anilines is 1. The largest absolute Gasteiger partial charge is 0.375 e. The highest BCUT2D eigenvalue weighted by atomic mass is 32.1. The lowest BCUT2D eigenvalue weighted by molar-refractivity contribution is -0.119. The number of aryl methyl sites for hydroxylation is 1. The van der Waals surface area contributed by atoms with Crippen LogP contribution in [0.3, 0.4) is 0 Å². The van der Waals surface area contributed by atoms with Crippen LogP contribution >= 0.6 is 11.5 Å². The topological polar surface area (TPSA) is 102 Å². The molecule has 0 aliphatic carbocycles. The summed E-state index contributed by atoms with van der Waals surface area (Å²) < 4.78 is 24.4.